The quantitative estimate of drug-likeness (QED) is 0.594. The summed E-state index contributed by atoms with van der Waals surface area (Å²) in [4.78, 5) is 12.1. The van der Waals surface area contributed by atoms with Crippen molar-refractivity contribution in [1.29, 1.82) is 0 Å². The highest BCUT2D eigenvalue weighted by Gasteiger charge is 2.13. The summed E-state index contributed by atoms with van der Waals surface area (Å²) in [6.07, 6.45) is 0. The molecule has 3 rings (SSSR count). The third-order valence-corrected chi connectivity index (χ3v) is 4.91. The predicted molar refractivity (Wildman–Crippen MR) is 109 cm³/mol. The molecule has 0 atom stereocenters. The van der Waals surface area contributed by atoms with Crippen LogP contribution in [-0.4, -0.2) is 22.3 Å². The molecule has 0 bridgehead atoms. The van der Waals surface area contributed by atoms with E-state index in [1.807, 2.05) is 36.7 Å². The van der Waals surface area contributed by atoms with Crippen molar-refractivity contribution in [2.75, 3.05) is 6.61 Å². The van der Waals surface area contributed by atoms with Crippen molar-refractivity contribution in [3.63, 3.8) is 0 Å². The van der Waals surface area contributed by atoms with Gasteiger partial charge < -0.3 is 10.1 Å². The van der Waals surface area contributed by atoms with Crippen molar-refractivity contribution in [2.45, 2.75) is 26.9 Å². The molecule has 1 heterocycles. The monoisotopic (exact) mass is 445 g/mol. The van der Waals surface area contributed by atoms with Gasteiger partial charge in [0.1, 0.15) is 0 Å². The zero-order chi connectivity index (χ0) is 20.1. The maximum Gasteiger partial charge on any atom is 0.258 e. The molecule has 0 aliphatic carbocycles. The first-order valence-electron chi connectivity index (χ1n) is 8.85. The van der Waals surface area contributed by atoms with Gasteiger partial charge in [-0.3, -0.25) is 9.48 Å². The lowest BCUT2D eigenvalue weighted by Gasteiger charge is -2.09. The van der Waals surface area contributed by atoms with Gasteiger partial charge in [0, 0.05) is 22.3 Å². The first-order chi connectivity index (χ1) is 13.4. The van der Waals surface area contributed by atoms with Crippen LogP contribution in [0.25, 0.3) is 0 Å². The number of amides is 1. The average molecular weight is 446 g/mol. The summed E-state index contributed by atoms with van der Waals surface area (Å²) in [5.74, 6) is -0.797. The zero-order valence-electron chi connectivity index (χ0n) is 15.7. The van der Waals surface area contributed by atoms with E-state index >= 15 is 0 Å². The van der Waals surface area contributed by atoms with Crippen molar-refractivity contribution >= 4 is 21.8 Å². The van der Waals surface area contributed by atoms with Crippen molar-refractivity contribution in [3.05, 3.63) is 81.3 Å². The van der Waals surface area contributed by atoms with Crippen molar-refractivity contribution in [1.82, 2.24) is 15.1 Å². The van der Waals surface area contributed by atoms with E-state index < -0.39 is 5.82 Å². The topological polar surface area (TPSA) is 56.2 Å². The Morgan fingerprint density at radius 1 is 1.21 bits per heavy atom. The number of hydrogen-bond donors (Lipinski definition) is 1. The second kappa shape index (κ2) is 9.01. The van der Waals surface area contributed by atoms with E-state index in [-0.39, 0.29) is 18.3 Å². The van der Waals surface area contributed by atoms with Crippen LogP contribution in [0.1, 0.15) is 22.5 Å². The van der Waals surface area contributed by atoms with Gasteiger partial charge in [0.25, 0.3) is 5.91 Å². The minimum atomic E-state index is -0.518. The second-order valence-electron chi connectivity index (χ2n) is 6.43. The number of hydrogen-bond acceptors (Lipinski definition) is 3. The molecule has 7 heteroatoms. The normalized spacial score (nSPS) is 10.7. The van der Waals surface area contributed by atoms with Crippen LogP contribution in [0.5, 0.6) is 5.75 Å². The van der Waals surface area contributed by atoms with Gasteiger partial charge in [-0.2, -0.15) is 5.10 Å². The van der Waals surface area contributed by atoms with Crippen molar-refractivity contribution < 1.29 is 13.9 Å². The Kier molecular flexibility index (Phi) is 6.46. The molecular weight excluding hydrogens is 425 g/mol. The number of nitrogens with zero attached hydrogens (tertiary/aromatic N) is 2. The van der Waals surface area contributed by atoms with Crippen LogP contribution in [0.4, 0.5) is 4.39 Å². The molecule has 0 saturated heterocycles. The fraction of sp³-hybridized carbons (Fsp3) is 0.238. The number of carbonyl (C=O) groups is 1. The molecule has 0 aliphatic rings. The Morgan fingerprint density at radius 3 is 2.68 bits per heavy atom. The molecule has 28 heavy (non-hydrogen) atoms. The highest BCUT2D eigenvalue weighted by Crippen LogP contribution is 2.21. The molecule has 146 valence electrons. The molecule has 1 N–H and O–H groups in total. The summed E-state index contributed by atoms with van der Waals surface area (Å²) in [7, 11) is 0. The SMILES string of the molecule is Cc1nn(Cc2ccccc2)c(C)c1CNC(=O)COc1ccc(Br)cc1F. The maximum absolute atomic E-state index is 13.7. The van der Waals surface area contributed by atoms with E-state index in [0.717, 1.165) is 22.5 Å². The van der Waals surface area contributed by atoms with Gasteiger partial charge in [-0.25, -0.2) is 4.39 Å². The number of carbonyl (C=O) groups excluding carboxylic acids is 1. The number of aryl methyl sites for hydroxylation is 1. The van der Waals surface area contributed by atoms with E-state index in [9.17, 15) is 9.18 Å². The van der Waals surface area contributed by atoms with E-state index in [1.165, 1.54) is 12.1 Å². The van der Waals surface area contributed by atoms with Crippen LogP contribution in [0.15, 0.2) is 53.0 Å². The molecule has 0 unspecified atom stereocenters. The fourth-order valence-electron chi connectivity index (χ4n) is 2.87. The lowest BCUT2D eigenvalue weighted by molar-refractivity contribution is -0.123. The summed E-state index contributed by atoms with van der Waals surface area (Å²) in [5.41, 5.74) is 4.00. The standard InChI is InChI=1S/C21H21BrFN3O2/c1-14-18(15(2)26(25-14)12-16-6-4-3-5-7-16)11-24-21(27)13-28-20-9-8-17(22)10-19(20)23/h3-10H,11-13H2,1-2H3,(H,24,27). The summed E-state index contributed by atoms with van der Waals surface area (Å²) in [5, 5.41) is 7.39. The minimum Gasteiger partial charge on any atom is -0.481 e. The Labute approximate surface area is 171 Å². The minimum absolute atomic E-state index is 0.0430. The molecule has 2 aromatic carbocycles. The van der Waals surface area contributed by atoms with Crippen LogP contribution in [-0.2, 0) is 17.9 Å². The van der Waals surface area contributed by atoms with Crippen molar-refractivity contribution in [3.8, 4) is 5.75 Å². The summed E-state index contributed by atoms with van der Waals surface area (Å²) >= 11 is 3.18. The van der Waals surface area contributed by atoms with Crippen LogP contribution in [0, 0.1) is 19.7 Å². The first-order valence-corrected chi connectivity index (χ1v) is 9.64. The molecule has 0 saturated carbocycles. The third kappa shape index (κ3) is 4.98. The molecule has 0 radical (unpaired) electrons. The Morgan fingerprint density at radius 2 is 1.96 bits per heavy atom. The van der Waals surface area contributed by atoms with Crippen LogP contribution in [0.3, 0.4) is 0 Å². The molecule has 1 aromatic heterocycles. The van der Waals surface area contributed by atoms with Crippen LogP contribution >= 0.6 is 15.9 Å². The number of ether oxygens (including phenoxy) is 1. The summed E-state index contributed by atoms with van der Waals surface area (Å²) < 4.78 is 21.5. The number of aromatic nitrogens is 2. The van der Waals surface area contributed by atoms with E-state index in [4.69, 9.17) is 4.74 Å². The molecule has 5 nitrogen and oxygen atoms in total. The van der Waals surface area contributed by atoms with Gasteiger partial charge in [-0.1, -0.05) is 46.3 Å². The van der Waals surface area contributed by atoms with Gasteiger partial charge >= 0.3 is 0 Å². The van der Waals surface area contributed by atoms with Gasteiger partial charge in [0.2, 0.25) is 0 Å². The second-order valence-corrected chi connectivity index (χ2v) is 7.35. The van der Waals surface area contributed by atoms with E-state index in [2.05, 4.69) is 38.5 Å². The molecule has 1 amide bonds. The molecule has 0 aliphatic heterocycles. The van der Waals surface area contributed by atoms with Crippen molar-refractivity contribution in [2.24, 2.45) is 0 Å². The number of halogens is 2. The Balaban J connectivity index is 1.57. The first kappa shape index (κ1) is 20.1. The smallest absolute Gasteiger partial charge is 0.258 e. The maximum atomic E-state index is 13.7. The summed E-state index contributed by atoms with van der Waals surface area (Å²) in [6.45, 7) is 4.67. The van der Waals surface area contributed by atoms with E-state index in [0.29, 0.717) is 17.6 Å². The molecule has 0 fully saturated rings. The Bertz CT molecular complexity index is 973. The highest BCUT2D eigenvalue weighted by atomic mass is 79.9. The zero-order valence-corrected chi connectivity index (χ0v) is 17.3. The molecule has 0 spiro atoms. The number of rotatable bonds is 7. The van der Waals surface area contributed by atoms with Gasteiger partial charge in [-0.15, -0.1) is 0 Å². The van der Waals surface area contributed by atoms with Gasteiger partial charge in [0.05, 0.1) is 12.2 Å². The fourth-order valence-corrected chi connectivity index (χ4v) is 3.21. The largest absolute Gasteiger partial charge is 0.481 e. The number of nitrogens with one attached hydrogen (secondary N) is 1. The lowest BCUT2D eigenvalue weighted by atomic mass is 10.2. The molecule has 3 aromatic rings. The van der Waals surface area contributed by atoms with Crippen LogP contribution < -0.4 is 10.1 Å². The van der Waals surface area contributed by atoms with Crippen LogP contribution in [0.2, 0.25) is 0 Å². The highest BCUT2D eigenvalue weighted by molar-refractivity contribution is 9.10. The number of benzene rings is 2. The summed E-state index contributed by atoms with van der Waals surface area (Å²) in [6, 6.07) is 14.5. The van der Waals surface area contributed by atoms with Gasteiger partial charge in [-0.05, 0) is 37.6 Å². The lowest BCUT2D eigenvalue weighted by Crippen LogP contribution is -2.29. The third-order valence-electron chi connectivity index (χ3n) is 4.42. The van der Waals surface area contributed by atoms with E-state index in [1.54, 1.807) is 6.07 Å². The predicted octanol–water partition coefficient (Wildman–Crippen LogP) is 4.15. The molecular formula is C21H21BrFN3O2. The Hall–Kier alpha value is -2.67. The van der Waals surface area contributed by atoms with Gasteiger partial charge in [0.15, 0.2) is 18.2 Å². The average Bonchev–Trinajstić information content (AvgIpc) is 2.93.